The highest BCUT2D eigenvalue weighted by Crippen LogP contribution is 2.64. The van der Waals surface area contributed by atoms with Gasteiger partial charge in [-0.15, -0.1) is 0 Å². The lowest BCUT2D eigenvalue weighted by Crippen LogP contribution is -2.50. The molecule has 4 aliphatic carbocycles. The lowest BCUT2D eigenvalue weighted by atomic mass is 9.48. The molecule has 0 unspecified atom stereocenters. The number of hydrogen-bond donors (Lipinski definition) is 0. The van der Waals surface area contributed by atoms with Crippen LogP contribution in [-0.4, -0.2) is 18.9 Å². The number of rotatable bonds is 1. The molecule has 0 saturated heterocycles. The molecule has 0 aromatic carbocycles. The summed E-state index contributed by atoms with van der Waals surface area (Å²) in [5, 5.41) is 0. The molecular formula is C20H28O2. The quantitative estimate of drug-likeness (QED) is 0.721. The average molecular weight is 303 g/mol. The molecule has 2 nitrogen and oxygen atoms in total. The van der Waals surface area contributed by atoms with Gasteiger partial charge in [-0.1, -0.05) is 25.5 Å². The Labute approximate surface area is 138 Å². The van der Waals surface area contributed by atoms with Gasteiger partial charge in [0.05, 0.1) is 10.2 Å². The van der Waals surface area contributed by atoms with E-state index in [9.17, 15) is 4.79 Å². The number of hydrogen-bond acceptors (Lipinski definition) is 2. The minimum atomic E-state index is -2.31. The molecule has 0 aromatic rings. The van der Waals surface area contributed by atoms with Gasteiger partial charge < -0.3 is 4.74 Å². The third-order valence-electron chi connectivity index (χ3n) is 7.61. The van der Waals surface area contributed by atoms with E-state index < -0.39 is 7.04 Å². The molecule has 0 radical (unpaired) electrons. The number of carbonyl (C=O) groups is 1. The van der Waals surface area contributed by atoms with Crippen LogP contribution in [0, 0.1) is 28.6 Å². The number of allylic oxidation sites excluding steroid dienone is 4. The molecule has 0 N–H and O–H groups in total. The SMILES string of the molecule is [2H]C([2H])([2H])O[C@@H]1CC[C@H]2[C@@H]3CCC4=CC(=O)C=C[C@]4(C)[C@H]3CC[C@]12C. The van der Waals surface area contributed by atoms with Gasteiger partial charge in [0.25, 0.3) is 0 Å². The van der Waals surface area contributed by atoms with Gasteiger partial charge in [-0.2, -0.15) is 0 Å². The van der Waals surface area contributed by atoms with Crippen molar-refractivity contribution in [2.45, 2.75) is 58.5 Å². The minimum Gasteiger partial charge on any atom is -0.381 e. The van der Waals surface area contributed by atoms with Gasteiger partial charge in [-0.05, 0) is 73.8 Å². The third kappa shape index (κ3) is 1.79. The van der Waals surface area contributed by atoms with Gasteiger partial charge in [-0.25, -0.2) is 0 Å². The Hall–Kier alpha value is -0.890. The summed E-state index contributed by atoms with van der Waals surface area (Å²) in [5.74, 6) is 1.81. The van der Waals surface area contributed by atoms with Crippen molar-refractivity contribution < 1.29 is 13.6 Å². The van der Waals surface area contributed by atoms with Gasteiger partial charge in [0, 0.05) is 12.5 Å². The number of carbonyl (C=O) groups excluding carboxylic acids is 1. The molecule has 0 aliphatic heterocycles. The van der Waals surface area contributed by atoms with Crippen molar-refractivity contribution in [2.75, 3.05) is 7.04 Å². The summed E-state index contributed by atoms with van der Waals surface area (Å²) >= 11 is 0. The van der Waals surface area contributed by atoms with E-state index in [1.165, 1.54) is 5.57 Å². The topological polar surface area (TPSA) is 26.3 Å². The van der Waals surface area contributed by atoms with Gasteiger partial charge >= 0.3 is 0 Å². The van der Waals surface area contributed by atoms with Gasteiger partial charge in [0.2, 0.25) is 0 Å². The van der Waals surface area contributed by atoms with Gasteiger partial charge in [0.1, 0.15) is 0 Å². The van der Waals surface area contributed by atoms with Gasteiger partial charge in [0.15, 0.2) is 5.78 Å². The van der Waals surface area contributed by atoms with E-state index in [-0.39, 0.29) is 22.7 Å². The Bertz CT molecular complexity index is 650. The van der Waals surface area contributed by atoms with Crippen LogP contribution in [-0.2, 0) is 9.53 Å². The standard InChI is InChI=1S/C20H28O2/c1-19-10-8-14(21)12-13(19)4-5-15-16-6-7-18(22-3)20(16,2)11-9-17(15)19/h8,10,12,15-18H,4-7,9,11H2,1-3H3/t15-,16-,17-,18+,19-,20-/m0/s1/i3D3. The molecule has 2 heteroatoms. The maximum absolute atomic E-state index is 11.8. The first kappa shape index (κ1) is 11.6. The van der Waals surface area contributed by atoms with E-state index in [0.717, 1.165) is 38.5 Å². The smallest absolute Gasteiger partial charge is 0.178 e. The van der Waals surface area contributed by atoms with Crippen LogP contribution in [0.3, 0.4) is 0 Å². The van der Waals surface area contributed by atoms with Crippen molar-refractivity contribution in [1.29, 1.82) is 0 Å². The highest BCUT2D eigenvalue weighted by molar-refractivity contribution is 6.01. The summed E-state index contributed by atoms with van der Waals surface area (Å²) in [6, 6.07) is 0. The predicted molar refractivity (Wildman–Crippen MR) is 87.4 cm³/mol. The molecule has 3 fully saturated rings. The van der Waals surface area contributed by atoms with Crippen molar-refractivity contribution in [3.05, 3.63) is 23.8 Å². The maximum Gasteiger partial charge on any atom is 0.178 e. The first-order valence-corrected chi connectivity index (χ1v) is 8.75. The highest BCUT2D eigenvalue weighted by Gasteiger charge is 2.58. The molecule has 0 heterocycles. The van der Waals surface area contributed by atoms with Crippen molar-refractivity contribution >= 4 is 5.78 Å². The van der Waals surface area contributed by atoms with Crippen LogP contribution in [0.5, 0.6) is 0 Å². The number of ether oxygens (including phenoxy) is 1. The second kappa shape index (κ2) is 4.80. The van der Waals surface area contributed by atoms with Crippen LogP contribution >= 0.6 is 0 Å². The second-order valence-electron chi connectivity index (χ2n) is 8.33. The fourth-order valence-electron chi connectivity index (χ4n) is 6.34. The lowest BCUT2D eigenvalue weighted by molar-refractivity contribution is -0.111. The molecule has 4 aliphatic rings. The Morgan fingerprint density at radius 3 is 2.91 bits per heavy atom. The van der Waals surface area contributed by atoms with E-state index in [1.807, 2.05) is 6.08 Å². The number of fused-ring (bicyclic) bond motifs is 5. The van der Waals surface area contributed by atoms with Crippen molar-refractivity contribution in [3.63, 3.8) is 0 Å². The van der Waals surface area contributed by atoms with E-state index >= 15 is 0 Å². The van der Waals surface area contributed by atoms with E-state index in [2.05, 4.69) is 19.9 Å². The molecule has 22 heavy (non-hydrogen) atoms. The van der Waals surface area contributed by atoms with Crippen LogP contribution in [0.4, 0.5) is 0 Å². The fourth-order valence-corrected chi connectivity index (χ4v) is 6.34. The van der Waals surface area contributed by atoms with Crippen LogP contribution in [0.15, 0.2) is 23.8 Å². The van der Waals surface area contributed by atoms with Crippen LogP contribution in [0.2, 0.25) is 0 Å². The molecule has 0 aromatic heterocycles. The zero-order valence-corrected chi connectivity index (χ0v) is 13.6. The Morgan fingerprint density at radius 2 is 2.09 bits per heavy atom. The van der Waals surface area contributed by atoms with Crippen molar-refractivity contribution in [1.82, 2.24) is 0 Å². The molecule has 0 spiro atoms. The second-order valence-corrected chi connectivity index (χ2v) is 8.33. The molecule has 0 bridgehead atoms. The lowest BCUT2D eigenvalue weighted by Gasteiger charge is -2.56. The first-order chi connectivity index (χ1) is 11.6. The monoisotopic (exact) mass is 303 g/mol. The normalized spacial score (nSPS) is 52.7. The first-order valence-electron chi connectivity index (χ1n) is 10.3. The van der Waals surface area contributed by atoms with Crippen LogP contribution in [0.25, 0.3) is 0 Å². The van der Waals surface area contributed by atoms with Crippen LogP contribution < -0.4 is 0 Å². The summed E-state index contributed by atoms with van der Waals surface area (Å²) in [4.78, 5) is 11.8. The number of ketones is 1. The Kier molecular flexibility index (Phi) is 2.54. The molecule has 0 amide bonds. The summed E-state index contributed by atoms with van der Waals surface area (Å²) in [6.07, 6.45) is 11.7. The zero-order valence-electron chi connectivity index (χ0n) is 16.6. The number of methoxy groups -OCH3 is 1. The van der Waals surface area contributed by atoms with Crippen molar-refractivity contribution in [3.8, 4) is 0 Å². The third-order valence-corrected chi connectivity index (χ3v) is 7.61. The zero-order chi connectivity index (χ0) is 18.0. The van der Waals surface area contributed by atoms with E-state index in [4.69, 9.17) is 8.85 Å². The Morgan fingerprint density at radius 1 is 1.23 bits per heavy atom. The minimum absolute atomic E-state index is 0.00112. The Balaban J connectivity index is 1.61. The summed E-state index contributed by atoms with van der Waals surface area (Å²) in [5.41, 5.74) is 1.28. The summed E-state index contributed by atoms with van der Waals surface area (Å²) < 4.78 is 28.0. The molecular weight excluding hydrogens is 272 g/mol. The highest BCUT2D eigenvalue weighted by atomic mass is 16.5. The fraction of sp³-hybridized carbons (Fsp3) is 0.750. The largest absolute Gasteiger partial charge is 0.381 e. The molecule has 6 atom stereocenters. The average Bonchev–Trinajstić information content (AvgIpc) is 2.83. The van der Waals surface area contributed by atoms with Crippen LogP contribution in [0.1, 0.15) is 56.5 Å². The van der Waals surface area contributed by atoms with E-state index in [1.54, 1.807) is 6.08 Å². The molecule has 120 valence electrons. The molecule has 3 saturated carbocycles. The summed E-state index contributed by atoms with van der Waals surface area (Å²) in [7, 11) is -2.31. The van der Waals surface area contributed by atoms with E-state index in [0.29, 0.717) is 17.8 Å². The summed E-state index contributed by atoms with van der Waals surface area (Å²) in [6.45, 7) is 4.55. The predicted octanol–water partition coefficient (Wildman–Crippen LogP) is 4.31. The van der Waals surface area contributed by atoms with Gasteiger partial charge in [-0.3, -0.25) is 4.79 Å². The maximum atomic E-state index is 11.8. The van der Waals surface area contributed by atoms with Crippen molar-refractivity contribution in [2.24, 2.45) is 28.6 Å². The molecule has 4 rings (SSSR count).